The van der Waals surface area contributed by atoms with Gasteiger partial charge in [0.05, 0.1) is 18.7 Å². The lowest BCUT2D eigenvalue weighted by molar-refractivity contribution is -0.140. The molecule has 3 rings (SSSR count). The van der Waals surface area contributed by atoms with Gasteiger partial charge in [-0.25, -0.2) is 0 Å². The van der Waals surface area contributed by atoms with E-state index in [0.29, 0.717) is 29.9 Å². The number of benzene rings is 2. The Morgan fingerprint density at radius 3 is 2.55 bits per heavy atom. The fourth-order valence-electron chi connectivity index (χ4n) is 3.46. The van der Waals surface area contributed by atoms with Crippen LogP contribution in [0.25, 0.3) is 5.76 Å². The molecule has 0 bridgehead atoms. The maximum Gasteiger partial charge on any atom is 0.295 e. The number of carbonyl (C=O) groups is 2. The number of Topliss-reactive ketones (excluding diaryl/α,β-unsaturated/α-hetero) is 1. The summed E-state index contributed by atoms with van der Waals surface area (Å²) in [6, 6.07) is 12.1. The smallest absolute Gasteiger partial charge is 0.295 e. The van der Waals surface area contributed by atoms with Crippen LogP contribution in [0.15, 0.2) is 54.1 Å². The van der Waals surface area contributed by atoms with Crippen LogP contribution >= 0.6 is 0 Å². The SMILES string of the molecule is COCCCN1C(=O)C(=O)/C(=C(\O)c2cccc(OC)c2)C1c1cccc(O)c1. The molecule has 1 aliphatic rings. The van der Waals surface area contributed by atoms with Gasteiger partial charge in [0.15, 0.2) is 0 Å². The van der Waals surface area contributed by atoms with Gasteiger partial charge in [0.25, 0.3) is 11.7 Å². The maximum absolute atomic E-state index is 12.9. The summed E-state index contributed by atoms with van der Waals surface area (Å²) < 4.78 is 10.2. The second-order valence-corrected chi connectivity index (χ2v) is 6.67. The van der Waals surface area contributed by atoms with E-state index in [-0.39, 0.29) is 23.6 Å². The van der Waals surface area contributed by atoms with E-state index < -0.39 is 17.7 Å². The van der Waals surface area contributed by atoms with Gasteiger partial charge in [-0.2, -0.15) is 0 Å². The van der Waals surface area contributed by atoms with Gasteiger partial charge in [-0.15, -0.1) is 0 Å². The molecule has 1 unspecified atom stereocenters. The Balaban J connectivity index is 2.13. The van der Waals surface area contributed by atoms with Gasteiger partial charge in [0, 0.05) is 25.8 Å². The second-order valence-electron chi connectivity index (χ2n) is 6.67. The number of methoxy groups -OCH3 is 2. The molecule has 0 spiro atoms. The van der Waals surface area contributed by atoms with Crippen LogP contribution in [0.1, 0.15) is 23.6 Å². The molecule has 7 heteroatoms. The van der Waals surface area contributed by atoms with Crippen LogP contribution in [0, 0.1) is 0 Å². The summed E-state index contributed by atoms with van der Waals surface area (Å²) in [4.78, 5) is 27.0. The summed E-state index contributed by atoms with van der Waals surface area (Å²) in [6.45, 7) is 0.694. The largest absolute Gasteiger partial charge is 0.508 e. The van der Waals surface area contributed by atoms with E-state index in [1.165, 1.54) is 24.1 Å². The van der Waals surface area contributed by atoms with E-state index in [1.807, 2.05) is 0 Å². The van der Waals surface area contributed by atoms with Crippen LogP contribution in [-0.4, -0.2) is 54.2 Å². The lowest BCUT2D eigenvalue weighted by Crippen LogP contribution is -2.31. The molecule has 1 fully saturated rings. The Bertz CT molecular complexity index is 952. The van der Waals surface area contributed by atoms with Crippen molar-refractivity contribution >= 4 is 17.4 Å². The number of aliphatic hydroxyl groups excluding tert-OH is 1. The van der Waals surface area contributed by atoms with Crippen molar-refractivity contribution in [3.8, 4) is 11.5 Å². The van der Waals surface area contributed by atoms with Gasteiger partial charge in [0.2, 0.25) is 0 Å². The van der Waals surface area contributed by atoms with Gasteiger partial charge in [-0.3, -0.25) is 9.59 Å². The third-order valence-corrected chi connectivity index (χ3v) is 4.82. The lowest BCUT2D eigenvalue weighted by Gasteiger charge is -2.25. The van der Waals surface area contributed by atoms with Crippen LogP contribution < -0.4 is 4.74 Å². The molecule has 1 amide bonds. The Kier molecular flexibility index (Phi) is 6.19. The molecule has 1 atom stereocenters. The fraction of sp³-hybridized carbons (Fsp3) is 0.273. The maximum atomic E-state index is 12.9. The van der Waals surface area contributed by atoms with Crippen molar-refractivity contribution in [2.75, 3.05) is 27.4 Å². The Hall–Kier alpha value is -3.32. The number of aromatic hydroxyl groups is 1. The van der Waals surface area contributed by atoms with Crippen LogP contribution in [0.3, 0.4) is 0 Å². The summed E-state index contributed by atoms with van der Waals surface area (Å²) in [5.41, 5.74) is 0.877. The average molecular weight is 397 g/mol. The van der Waals surface area contributed by atoms with Crippen molar-refractivity contribution in [3.05, 3.63) is 65.2 Å². The zero-order valence-electron chi connectivity index (χ0n) is 16.3. The predicted octanol–water partition coefficient (Wildman–Crippen LogP) is 2.86. The monoisotopic (exact) mass is 397 g/mol. The molecule has 1 heterocycles. The first kappa shape index (κ1) is 20.4. The summed E-state index contributed by atoms with van der Waals surface area (Å²) in [5.74, 6) is -1.23. The van der Waals surface area contributed by atoms with E-state index in [4.69, 9.17) is 9.47 Å². The van der Waals surface area contributed by atoms with Crippen molar-refractivity contribution in [1.29, 1.82) is 0 Å². The highest BCUT2D eigenvalue weighted by molar-refractivity contribution is 6.46. The normalized spacial score (nSPS) is 18.3. The third kappa shape index (κ3) is 4.09. The zero-order valence-corrected chi connectivity index (χ0v) is 16.3. The lowest BCUT2D eigenvalue weighted by atomic mass is 9.95. The molecule has 1 saturated heterocycles. The number of phenolic OH excluding ortho intramolecular Hbond substituents is 1. The predicted molar refractivity (Wildman–Crippen MR) is 107 cm³/mol. The molecule has 1 aliphatic heterocycles. The molecule has 29 heavy (non-hydrogen) atoms. The van der Waals surface area contributed by atoms with E-state index >= 15 is 0 Å². The average Bonchev–Trinajstić information content (AvgIpc) is 2.98. The zero-order chi connectivity index (χ0) is 21.0. The number of ether oxygens (including phenoxy) is 2. The first-order valence-corrected chi connectivity index (χ1v) is 9.18. The number of rotatable bonds is 7. The summed E-state index contributed by atoms with van der Waals surface area (Å²) >= 11 is 0. The minimum absolute atomic E-state index is 0.00589. The summed E-state index contributed by atoms with van der Waals surface area (Å²) in [5, 5.41) is 20.9. The molecule has 2 aromatic carbocycles. The number of ketones is 1. The summed E-state index contributed by atoms with van der Waals surface area (Å²) in [6.07, 6.45) is 0.526. The molecule has 2 N–H and O–H groups in total. The molecule has 152 valence electrons. The van der Waals surface area contributed by atoms with E-state index in [0.717, 1.165) is 0 Å². The number of likely N-dealkylation sites (tertiary alicyclic amines) is 1. The quantitative estimate of drug-likeness (QED) is 0.323. The van der Waals surface area contributed by atoms with Crippen molar-refractivity contribution in [3.63, 3.8) is 0 Å². The van der Waals surface area contributed by atoms with Gasteiger partial charge in [0.1, 0.15) is 17.3 Å². The number of aliphatic hydroxyl groups is 1. The first-order valence-electron chi connectivity index (χ1n) is 9.18. The van der Waals surface area contributed by atoms with E-state index in [9.17, 15) is 19.8 Å². The van der Waals surface area contributed by atoms with Crippen molar-refractivity contribution in [2.45, 2.75) is 12.5 Å². The van der Waals surface area contributed by atoms with Crippen LogP contribution in [0.4, 0.5) is 0 Å². The standard InChI is InChI=1S/C22H23NO6/c1-28-11-5-10-23-19(14-6-3-8-16(24)12-14)18(21(26)22(23)27)20(25)15-7-4-9-17(13-15)29-2/h3-4,6-9,12-13,19,24-25H,5,10-11H2,1-2H3/b20-18-. The molecule has 0 aromatic heterocycles. The number of amides is 1. The van der Waals surface area contributed by atoms with Crippen LogP contribution in [-0.2, 0) is 14.3 Å². The fourth-order valence-corrected chi connectivity index (χ4v) is 3.46. The van der Waals surface area contributed by atoms with Crippen molar-refractivity contribution in [1.82, 2.24) is 4.90 Å². The number of nitrogens with zero attached hydrogens (tertiary/aromatic N) is 1. The number of carbonyl (C=O) groups excluding carboxylic acids is 2. The number of hydrogen-bond donors (Lipinski definition) is 2. The van der Waals surface area contributed by atoms with Gasteiger partial charge >= 0.3 is 0 Å². The highest BCUT2D eigenvalue weighted by atomic mass is 16.5. The Labute approximate surface area is 168 Å². The van der Waals surface area contributed by atoms with Crippen LogP contribution in [0.2, 0.25) is 0 Å². The molecular weight excluding hydrogens is 374 g/mol. The minimum atomic E-state index is -0.815. The number of phenols is 1. The van der Waals surface area contributed by atoms with Crippen molar-refractivity contribution in [2.24, 2.45) is 0 Å². The molecule has 0 radical (unpaired) electrons. The molecular formula is C22H23NO6. The highest BCUT2D eigenvalue weighted by Gasteiger charge is 2.45. The van der Waals surface area contributed by atoms with Gasteiger partial charge in [-0.05, 0) is 36.2 Å². The van der Waals surface area contributed by atoms with Gasteiger partial charge in [-0.1, -0.05) is 24.3 Å². The minimum Gasteiger partial charge on any atom is -0.508 e. The number of hydrogen-bond acceptors (Lipinski definition) is 6. The molecule has 0 saturated carbocycles. The third-order valence-electron chi connectivity index (χ3n) is 4.82. The Morgan fingerprint density at radius 1 is 1.10 bits per heavy atom. The molecule has 2 aromatic rings. The molecule has 7 nitrogen and oxygen atoms in total. The summed E-state index contributed by atoms with van der Waals surface area (Å²) in [7, 11) is 3.06. The van der Waals surface area contributed by atoms with E-state index in [2.05, 4.69) is 0 Å². The molecule has 0 aliphatic carbocycles. The topological polar surface area (TPSA) is 96.3 Å². The second kappa shape index (κ2) is 8.79. The van der Waals surface area contributed by atoms with Crippen LogP contribution in [0.5, 0.6) is 11.5 Å². The van der Waals surface area contributed by atoms with Gasteiger partial charge < -0.3 is 24.6 Å². The van der Waals surface area contributed by atoms with Crippen molar-refractivity contribution < 1.29 is 29.3 Å². The van der Waals surface area contributed by atoms with E-state index in [1.54, 1.807) is 43.5 Å². The highest BCUT2D eigenvalue weighted by Crippen LogP contribution is 2.40. The first-order chi connectivity index (χ1) is 14.0. The Morgan fingerprint density at radius 2 is 1.86 bits per heavy atom.